The second-order valence-electron chi connectivity index (χ2n) is 5.69. The fourth-order valence-corrected chi connectivity index (χ4v) is 2.86. The smallest absolute Gasteiger partial charge is 0.0459 e. The standard InChI is InChI=1S/C19H22N2.ClH/c1-14-8-9-19-18(12-14)17(15(2)21-19)10-11-20-13-16-6-4-3-5-7-16;/h3-9,12,20-21H,10-11,13H2,1-2H3;1H. The summed E-state index contributed by atoms with van der Waals surface area (Å²) in [5.41, 5.74) is 6.63. The van der Waals surface area contributed by atoms with Gasteiger partial charge < -0.3 is 10.3 Å². The van der Waals surface area contributed by atoms with Gasteiger partial charge in [0.15, 0.2) is 0 Å². The van der Waals surface area contributed by atoms with Gasteiger partial charge in [-0.3, -0.25) is 0 Å². The molecule has 22 heavy (non-hydrogen) atoms. The van der Waals surface area contributed by atoms with E-state index < -0.39 is 0 Å². The highest BCUT2D eigenvalue weighted by Crippen LogP contribution is 2.23. The van der Waals surface area contributed by atoms with Gasteiger partial charge in [-0.1, -0.05) is 42.0 Å². The fraction of sp³-hybridized carbons (Fsp3) is 0.263. The van der Waals surface area contributed by atoms with Crippen molar-refractivity contribution in [3.63, 3.8) is 0 Å². The third-order valence-electron chi connectivity index (χ3n) is 4.00. The average Bonchev–Trinajstić information content (AvgIpc) is 2.80. The number of rotatable bonds is 5. The number of aromatic nitrogens is 1. The van der Waals surface area contributed by atoms with Crippen LogP contribution in [0.2, 0.25) is 0 Å². The van der Waals surface area contributed by atoms with Gasteiger partial charge in [0.2, 0.25) is 0 Å². The van der Waals surface area contributed by atoms with Crippen molar-refractivity contribution in [1.29, 1.82) is 0 Å². The van der Waals surface area contributed by atoms with Crippen molar-refractivity contribution in [3.05, 3.63) is 70.9 Å². The van der Waals surface area contributed by atoms with Gasteiger partial charge in [-0.2, -0.15) is 0 Å². The highest BCUT2D eigenvalue weighted by atomic mass is 35.5. The molecule has 3 aromatic rings. The summed E-state index contributed by atoms with van der Waals surface area (Å²) in [6.07, 6.45) is 1.06. The third-order valence-corrected chi connectivity index (χ3v) is 4.00. The molecule has 0 aliphatic rings. The second-order valence-corrected chi connectivity index (χ2v) is 5.69. The summed E-state index contributed by atoms with van der Waals surface area (Å²) in [5, 5.41) is 4.90. The topological polar surface area (TPSA) is 27.8 Å². The molecule has 0 spiro atoms. The van der Waals surface area contributed by atoms with Crippen molar-refractivity contribution in [2.45, 2.75) is 26.8 Å². The van der Waals surface area contributed by atoms with E-state index in [-0.39, 0.29) is 12.4 Å². The number of fused-ring (bicyclic) bond motifs is 1. The average molecular weight is 315 g/mol. The van der Waals surface area contributed by atoms with Gasteiger partial charge >= 0.3 is 0 Å². The van der Waals surface area contributed by atoms with Crippen LogP contribution in [-0.2, 0) is 13.0 Å². The first-order valence-electron chi connectivity index (χ1n) is 7.56. The lowest BCUT2D eigenvalue weighted by Crippen LogP contribution is -2.16. The van der Waals surface area contributed by atoms with Gasteiger partial charge in [0.05, 0.1) is 0 Å². The number of H-pyrrole nitrogens is 1. The molecule has 0 fully saturated rings. The lowest BCUT2D eigenvalue weighted by Gasteiger charge is -2.06. The number of hydrogen-bond donors (Lipinski definition) is 2. The van der Waals surface area contributed by atoms with E-state index in [2.05, 4.69) is 72.7 Å². The molecule has 0 saturated carbocycles. The van der Waals surface area contributed by atoms with Crippen LogP contribution in [0.15, 0.2) is 48.5 Å². The summed E-state index contributed by atoms with van der Waals surface area (Å²) in [6, 6.07) is 17.2. The number of halogens is 1. The molecule has 0 aliphatic heterocycles. The van der Waals surface area contributed by atoms with Crippen molar-refractivity contribution in [2.75, 3.05) is 6.54 Å². The van der Waals surface area contributed by atoms with Gasteiger partial charge in [0.1, 0.15) is 0 Å². The van der Waals surface area contributed by atoms with Crippen molar-refractivity contribution < 1.29 is 0 Å². The van der Waals surface area contributed by atoms with E-state index in [1.54, 1.807) is 0 Å². The molecule has 116 valence electrons. The SMILES string of the molecule is Cc1ccc2[nH]c(C)c(CCNCc3ccccc3)c2c1.Cl. The van der Waals surface area contributed by atoms with Gasteiger partial charge in [-0.15, -0.1) is 12.4 Å². The van der Waals surface area contributed by atoms with Gasteiger partial charge in [0, 0.05) is 23.1 Å². The Morgan fingerprint density at radius 3 is 2.55 bits per heavy atom. The number of benzene rings is 2. The molecule has 0 saturated heterocycles. The van der Waals surface area contributed by atoms with Crippen LogP contribution in [0, 0.1) is 13.8 Å². The lowest BCUT2D eigenvalue weighted by molar-refractivity contribution is 0.687. The Morgan fingerprint density at radius 1 is 1.00 bits per heavy atom. The molecular weight excluding hydrogens is 292 g/mol. The molecule has 1 aromatic heterocycles. The lowest BCUT2D eigenvalue weighted by atomic mass is 10.1. The number of aryl methyl sites for hydroxylation is 2. The second kappa shape index (κ2) is 7.48. The van der Waals surface area contributed by atoms with E-state index in [0.717, 1.165) is 19.5 Å². The summed E-state index contributed by atoms with van der Waals surface area (Å²) in [5.74, 6) is 0. The summed E-state index contributed by atoms with van der Waals surface area (Å²) in [4.78, 5) is 3.49. The fourth-order valence-electron chi connectivity index (χ4n) is 2.86. The normalized spacial score (nSPS) is 10.6. The Balaban J connectivity index is 0.00000176. The first kappa shape index (κ1) is 16.6. The quantitative estimate of drug-likeness (QED) is 0.665. The molecule has 2 aromatic carbocycles. The summed E-state index contributed by atoms with van der Waals surface area (Å²) >= 11 is 0. The summed E-state index contributed by atoms with van der Waals surface area (Å²) in [7, 11) is 0. The Kier molecular flexibility index (Phi) is 5.64. The van der Waals surface area contributed by atoms with Crippen LogP contribution in [0.4, 0.5) is 0 Å². The van der Waals surface area contributed by atoms with E-state index in [1.165, 1.54) is 33.3 Å². The predicted octanol–water partition coefficient (Wildman–Crippen LogP) is 4.54. The minimum Gasteiger partial charge on any atom is -0.358 e. The van der Waals surface area contributed by atoms with Crippen LogP contribution in [-0.4, -0.2) is 11.5 Å². The largest absolute Gasteiger partial charge is 0.358 e. The summed E-state index contributed by atoms with van der Waals surface area (Å²) in [6.45, 7) is 6.25. The first-order chi connectivity index (χ1) is 10.2. The van der Waals surface area contributed by atoms with Crippen LogP contribution < -0.4 is 5.32 Å². The molecule has 3 rings (SSSR count). The van der Waals surface area contributed by atoms with Crippen LogP contribution in [0.3, 0.4) is 0 Å². The summed E-state index contributed by atoms with van der Waals surface area (Å²) < 4.78 is 0. The third kappa shape index (κ3) is 3.70. The predicted molar refractivity (Wildman–Crippen MR) is 96.9 cm³/mol. The minimum atomic E-state index is 0. The monoisotopic (exact) mass is 314 g/mol. The molecule has 0 aliphatic carbocycles. The number of hydrogen-bond acceptors (Lipinski definition) is 1. The molecule has 2 N–H and O–H groups in total. The van der Waals surface area contributed by atoms with Crippen LogP contribution >= 0.6 is 12.4 Å². The molecule has 3 heteroatoms. The molecule has 0 atom stereocenters. The highest BCUT2D eigenvalue weighted by Gasteiger charge is 2.07. The minimum absolute atomic E-state index is 0. The Labute approximate surface area is 138 Å². The Bertz CT molecular complexity index is 732. The Morgan fingerprint density at radius 2 is 1.77 bits per heavy atom. The van der Waals surface area contributed by atoms with Gasteiger partial charge in [-0.25, -0.2) is 0 Å². The molecular formula is C19H23ClN2. The molecule has 2 nitrogen and oxygen atoms in total. The maximum atomic E-state index is 3.53. The Hall–Kier alpha value is -1.77. The number of nitrogens with one attached hydrogen (secondary N) is 2. The highest BCUT2D eigenvalue weighted by molar-refractivity contribution is 5.85. The van der Waals surface area contributed by atoms with E-state index in [1.807, 2.05) is 0 Å². The molecule has 0 radical (unpaired) electrons. The zero-order chi connectivity index (χ0) is 14.7. The van der Waals surface area contributed by atoms with Crippen molar-refractivity contribution in [2.24, 2.45) is 0 Å². The number of aromatic amines is 1. The van der Waals surface area contributed by atoms with Crippen molar-refractivity contribution >= 4 is 23.3 Å². The zero-order valence-corrected chi connectivity index (χ0v) is 14.0. The maximum absolute atomic E-state index is 3.53. The molecule has 0 bridgehead atoms. The van der Waals surface area contributed by atoms with Gasteiger partial charge in [0.25, 0.3) is 0 Å². The van der Waals surface area contributed by atoms with Crippen LogP contribution in [0.5, 0.6) is 0 Å². The van der Waals surface area contributed by atoms with Crippen molar-refractivity contribution in [1.82, 2.24) is 10.3 Å². The molecule has 0 amide bonds. The van der Waals surface area contributed by atoms with Crippen LogP contribution in [0.1, 0.15) is 22.4 Å². The first-order valence-corrected chi connectivity index (χ1v) is 7.56. The maximum Gasteiger partial charge on any atom is 0.0459 e. The van der Waals surface area contributed by atoms with Crippen molar-refractivity contribution in [3.8, 4) is 0 Å². The zero-order valence-electron chi connectivity index (χ0n) is 13.1. The van der Waals surface area contributed by atoms with E-state index >= 15 is 0 Å². The van der Waals surface area contributed by atoms with E-state index in [9.17, 15) is 0 Å². The van der Waals surface area contributed by atoms with E-state index in [0.29, 0.717) is 0 Å². The van der Waals surface area contributed by atoms with E-state index in [4.69, 9.17) is 0 Å². The molecule has 0 unspecified atom stereocenters. The molecule has 1 heterocycles. The van der Waals surface area contributed by atoms with Crippen LogP contribution in [0.25, 0.3) is 10.9 Å². The van der Waals surface area contributed by atoms with Gasteiger partial charge in [-0.05, 0) is 50.1 Å².